The molecule has 0 bridgehead atoms. The highest BCUT2D eigenvalue weighted by atomic mass is 16.2. The number of hydrogen-bond acceptors (Lipinski definition) is 3. The van der Waals surface area contributed by atoms with E-state index >= 15 is 0 Å². The van der Waals surface area contributed by atoms with Crippen LogP contribution in [0.3, 0.4) is 0 Å². The van der Waals surface area contributed by atoms with Crippen molar-refractivity contribution in [2.75, 3.05) is 13.1 Å². The van der Waals surface area contributed by atoms with Gasteiger partial charge in [0.1, 0.15) is 5.69 Å². The molecule has 1 aliphatic rings. The third kappa shape index (κ3) is 3.82. The molecule has 25 heavy (non-hydrogen) atoms. The zero-order chi connectivity index (χ0) is 18.0. The number of carbonyl (C=O) groups excluding carboxylic acids is 2. The van der Waals surface area contributed by atoms with E-state index in [1.54, 1.807) is 0 Å². The van der Waals surface area contributed by atoms with Gasteiger partial charge in [-0.05, 0) is 38.3 Å². The molecule has 5 heteroatoms. The summed E-state index contributed by atoms with van der Waals surface area (Å²) in [5, 5.41) is 3.11. The molecule has 0 spiro atoms. The predicted octanol–water partition coefficient (Wildman–Crippen LogP) is 2.84. The first kappa shape index (κ1) is 17.4. The summed E-state index contributed by atoms with van der Waals surface area (Å²) in [6.45, 7) is 7.91. The Kier molecular flexibility index (Phi) is 5.04. The van der Waals surface area contributed by atoms with Crippen LogP contribution < -0.4 is 5.32 Å². The van der Waals surface area contributed by atoms with Crippen molar-refractivity contribution < 1.29 is 9.59 Å². The van der Waals surface area contributed by atoms with Gasteiger partial charge in [0.15, 0.2) is 5.78 Å². The van der Waals surface area contributed by atoms with Crippen molar-refractivity contribution in [1.29, 1.82) is 0 Å². The molecule has 1 aromatic carbocycles. The van der Waals surface area contributed by atoms with Crippen LogP contribution in [-0.2, 0) is 6.54 Å². The fourth-order valence-corrected chi connectivity index (χ4v) is 3.70. The fraction of sp³-hybridized carbons (Fsp3) is 0.400. The first-order valence-electron chi connectivity index (χ1n) is 8.73. The maximum absolute atomic E-state index is 12.6. The Balaban J connectivity index is 1.61. The maximum atomic E-state index is 12.6. The summed E-state index contributed by atoms with van der Waals surface area (Å²) in [4.78, 5) is 29.8. The number of Topliss-reactive ketones (excluding diaryl/α,β-unsaturated/α-hetero) is 1. The highest BCUT2D eigenvalue weighted by Crippen LogP contribution is 2.19. The van der Waals surface area contributed by atoms with Crippen LogP contribution in [0.1, 0.15) is 51.0 Å². The van der Waals surface area contributed by atoms with Gasteiger partial charge in [-0.2, -0.15) is 0 Å². The standard InChI is InChI=1S/C20H25N3O2/c1-13-18(15(3)24)14(2)21-19(13)20(25)22-17-9-10-23(12-17)11-16-7-5-4-6-8-16/h4-8,17,21H,9-12H2,1-3H3,(H,22,25)/t17-/m0/s1. The lowest BCUT2D eigenvalue weighted by atomic mass is 10.1. The molecule has 1 fully saturated rings. The van der Waals surface area contributed by atoms with Gasteiger partial charge >= 0.3 is 0 Å². The fourth-order valence-electron chi connectivity index (χ4n) is 3.70. The Morgan fingerprint density at radius 2 is 1.96 bits per heavy atom. The molecule has 1 aromatic heterocycles. The van der Waals surface area contributed by atoms with Crippen LogP contribution in [0.2, 0.25) is 0 Å². The number of aromatic amines is 1. The number of carbonyl (C=O) groups is 2. The van der Waals surface area contributed by atoms with Gasteiger partial charge in [0.2, 0.25) is 0 Å². The minimum absolute atomic E-state index is 0.0137. The molecule has 1 amide bonds. The molecule has 0 unspecified atom stereocenters. The Labute approximate surface area is 148 Å². The van der Waals surface area contributed by atoms with Gasteiger partial charge in [-0.1, -0.05) is 30.3 Å². The van der Waals surface area contributed by atoms with Crippen LogP contribution in [0.5, 0.6) is 0 Å². The highest BCUT2D eigenvalue weighted by molar-refractivity contribution is 6.02. The van der Waals surface area contributed by atoms with E-state index in [1.807, 2.05) is 32.0 Å². The number of ketones is 1. The number of hydrogen-bond donors (Lipinski definition) is 2. The average Bonchev–Trinajstić information content (AvgIpc) is 3.12. The van der Waals surface area contributed by atoms with E-state index in [-0.39, 0.29) is 17.7 Å². The van der Waals surface area contributed by atoms with Crippen molar-refractivity contribution >= 4 is 11.7 Å². The normalized spacial score (nSPS) is 17.6. The summed E-state index contributed by atoms with van der Waals surface area (Å²) in [5.41, 5.74) is 3.91. The Morgan fingerprint density at radius 1 is 1.24 bits per heavy atom. The smallest absolute Gasteiger partial charge is 0.268 e. The summed E-state index contributed by atoms with van der Waals surface area (Å²) >= 11 is 0. The number of aromatic nitrogens is 1. The van der Waals surface area contributed by atoms with E-state index in [9.17, 15) is 9.59 Å². The number of amides is 1. The van der Waals surface area contributed by atoms with Crippen LogP contribution in [0.25, 0.3) is 0 Å². The lowest BCUT2D eigenvalue weighted by molar-refractivity contribution is 0.0932. The zero-order valence-corrected chi connectivity index (χ0v) is 15.1. The molecule has 5 nitrogen and oxygen atoms in total. The van der Waals surface area contributed by atoms with Crippen molar-refractivity contribution in [3.05, 3.63) is 58.4 Å². The lowest BCUT2D eigenvalue weighted by Crippen LogP contribution is -2.37. The highest BCUT2D eigenvalue weighted by Gasteiger charge is 2.26. The lowest BCUT2D eigenvalue weighted by Gasteiger charge is -2.16. The summed E-state index contributed by atoms with van der Waals surface area (Å²) in [6.07, 6.45) is 0.941. The third-order valence-corrected chi connectivity index (χ3v) is 4.87. The second-order valence-corrected chi connectivity index (χ2v) is 6.86. The molecule has 0 aliphatic carbocycles. The topological polar surface area (TPSA) is 65.2 Å². The summed E-state index contributed by atoms with van der Waals surface area (Å²) in [6, 6.07) is 10.5. The molecule has 2 N–H and O–H groups in total. The van der Waals surface area contributed by atoms with Gasteiger partial charge in [0, 0.05) is 36.9 Å². The molecule has 2 aromatic rings. The van der Waals surface area contributed by atoms with Crippen molar-refractivity contribution in [3.63, 3.8) is 0 Å². The predicted molar refractivity (Wildman–Crippen MR) is 97.9 cm³/mol. The Hall–Kier alpha value is -2.40. The number of benzene rings is 1. The van der Waals surface area contributed by atoms with E-state index in [1.165, 1.54) is 12.5 Å². The number of rotatable bonds is 5. The van der Waals surface area contributed by atoms with Crippen molar-refractivity contribution in [2.24, 2.45) is 0 Å². The Bertz CT molecular complexity index is 780. The van der Waals surface area contributed by atoms with Crippen LogP contribution in [0.4, 0.5) is 0 Å². The zero-order valence-electron chi connectivity index (χ0n) is 15.1. The van der Waals surface area contributed by atoms with Gasteiger partial charge in [0.05, 0.1) is 0 Å². The van der Waals surface area contributed by atoms with Crippen LogP contribution >= 0.6 is 0 Å². The van der Waals surface area contributed by atoms with Crippen LogP contribution in [-0.4, -0.2) is 40.7 Å². The monoisotopic (exact) mass is 339 g/mol. The van der Waals surface area contributed by atoms with E-state index in [2.05, 4.69) is 27.3 Å². The van der Waals surface area contributed by atoms with Gasteiger partial charge < -0.3 is 10.3 Å². The molecule has 3 rings (SSSR count). The minimum Gasteiger partial charge on any atom is -0.354 e. The second kappa shape index (κ2) is 7.23. The molecule has 1 aliphatic heterocycles. The maximum Gasteiger partial charge on any atom is 0.268 e. The van der Waals surface area contributed by atoms with E-state index < -0.39 is 0 Å². The van der Waals surface area contributed by atoms with Gasteiger partial charge in [-0.15, -0.1) is 0 Å². The molecule has 2 heterocycles. The SMILES string of the molecule is CC(=O)c1c(C)[nH]c(C(=O)N[C@H]2CCN(Cc3ccccc3)C2)c1C. The second-order valence-electron chi connectivity index (χ2n) is 6.86. The summed E-state index contributed by atoms with van der Waals surface area (Å²) in [5.74, 6) is -0.139. The summed E-state index contributed by atoms with van der Waals surface area (Å²) in [7, 11) is 0. The summed E-state index contributed by atoms with van der Waals surface area (Å²) < 4.78 is 0. The largest absolute Gasteiger partial charge is 0.354 e. The number of H-pyrrole nitrogens is 1. The first-order chi connectivity index (χ1) is 12.0. The quantitative estimate of drug-likeness (QED) is 0.823. The van der Waals surface area contributed by atoms with Gasteiger partial charge in [-0.3, -0.25) is 14.5 Å². The number of likely N-dealkylation sites (tertiary alicyclic amines) is 1. The van der Waals surface area contributed by atoms with Crippen molar-refractivity contribution in [1.82, 2.24) is 15.2 Å². The number of nitrogens with zero attached hydrogens (tertiary/aromatic N) is 1. The van der Waals surface area contributed by atoms with E-state index in [0.29, 0.717) is 11.3 Å². The van der Waals surface area contributed by atoms with E-state index in [4.69, 9.17) is 0 Å². The molecule has 1 saturated heterocycles. The molecular weight excluding hydrogens is 314 g/mol. The molecule has 0 saturated carbocycles. The minimum atomic E-state index is -0.125. The number of nitrogens with one attached hydrogen (secondary N) is 2. The Morgan fingerprint density at radius 3 is 2.60 bits per heavy atom. The molecule has 1 atom stereocenters. The average molecular weight is 339 g/mol. The third-order valence-electron chi connectivity index (χ3n) is 4.87. The van der Waals surface area contributed by atoms with Gasteiger partial charge in [0.25, 0.3) is 5.91 Å². The molecule has 0 radical (unpaired) electrons. The van der Waals surface area contributed by atoms with Crippen molar-refractivity contribution in [2.45, 2.75) is 39.8 Å². The van der Waals surface area contributed by atoms with Crippen LogP contribution in [0.15, 0.2) is 30.3 Å². The van der Waals surface area contributed by atoms with Crippen LogP contribution in [0, 0.1) is 13.8 Å². The van der Waals surface area contributed by atoms with Gasteiger partial charge in [-0.25, -0.2) is 0 Å². The first-order valence-corrected chi connectivity index (χ1v) is 8.73. The van der Waals surface area contributed by atoms with E-state index in [0.717, 1.165) is 37.3 Å². The van der Waals surface area contributed by atoms with Crippen molar-refractivity contribution in [3.8, 4) is 0 Å². The number of aryl methyl sites for hydroxylation is 1. The molecular formula is C20H25N3O2. The molecule has 132 valence electrons.